The summed E-state index contributed by atoms with van der Waals surface area (Å²) in [6.07, 6.45) is 3.58. The van der Waals surface area contributed by atoms with Gasteiger partial charge >= 0.3 is 0 Å². The molecule has 184 valence electrons. The predicted molar refractivity (Wildman–Crippen MR) is 149 cm³/mol. The Kier molecular flexibility index (Phi) is 15.9. The average molecular weight is 516 g/mol. The van der Waals surface area contributed by atoms with Gasteiger partial charge in [-0.15, -0.1) is 37.2 Å². The molecule has 0 unspecified atom stereocenters. The fourth-order valence-corrected chi connectivity index (χ4v) is 3.60. The number of methoxy groups -OCH3 is 1. The lowest BCUT2D eigenvalue weighted by Gasteiger charge is -2.17. The van der Waals surface area contributed by atoms with Gasteiger partial charge in [0.05, 0.1) is 18.3 Å². The van der Waals surface area contributed by atoms with E-state index in [0.717, 1.165) is 66.2 Å². The second-order valence-corrected chi connectivity index (χ2v) is 7.69. The Hall–Kier alpha value is -1.76. The van der Waals surface area contributed by atoms with E-state index in [1.54, 1.807) is 7.11 Å². The van der Waals surface area contributed by atoms with E-state index >= 15 is 0 Å². The number of benzene rings is 2. The summed E-state index contributed by atoms with van der Waals surface area (Å²) in [5, 5.41) is 8.02. The number of halogens is 3. The number of unbranched alkanes of at least 4 members (excludes halogenated alkanes) is 1. The zero-order chi connectivity index (χ0) is 21.2. The summed E-state index contributed by atoms with van der Waals surface area (Å²) >= 11 is 0. The van der Waals surface area contributed by atoms with Crippen LogP contribution in [0.1, 0.15) is 19.3 Å². The first-order chi connectivity index (χ1) is 14.7. The summed E-state index contributed by atoms with van der Waals surface area (Å²) in [5.41, 5.74) is 4.21. The number of hydrogen-bond acceptors (Lipinski definition) is 5. The molecule has 0 radical (unpaired) electrons. The minimum atomic E-state index is 0. The number of anilines is 1. The molecule has 0 aliphatic carbocycles. The Morgan fingerprint density at radius 2 is 1.58 bits per heavy atom. The molecule has 0 spiro atoms. The molecular weight excluding hydrogens is 479 g/mol. The van der Waals surface area contributed by atoms with E-state index in [-0.39, 0.29) is 37.2 Å². The maximum Gasteiger partial charge on any atom is 0.118 e. The molecule has 1 aromatic heterocycles. The fraction of sp³-hybridized carbons (Fsp3) is 0.400. The highest BCUT2D eigenvalue weighted by molar-refractivity contribution is 5.93. The van der Waals surface area contributed by atoms with Crippen LogP contribution in [0.5, 0.6) is 5.75 Å². The van der Waals surface area contributed by atoms with Crippen molar-refractivity contribution in [3.8, 4) is 17.0 Å². The SMILES string of the molecule is CNCCCCN(C)CCCNc1cc(-c2ccc(OC)cc2)nc2ccccc12.Cl.Cl.Cl. The summed E-state index contributed by atoms with van der Waals surface area (Å²) in [7, 11) is 5.91. The van der Waals surface area contributed by atoms with Gasteiger partial charge in [-0.3, -0.25) is 0 Å². The van der Waals surface area contributed by atoms with Crippen molar-refractivity contribution < 1.29 is 4.74 Å². The van der Waals surface area contributed by atoms with Crippen LogP contribution in [-0.2, 0) is 0 Å². The van der Waals surface area contributed by atoms with Crippen molar-refractivity contribution in [2.75, 3.05) is 52.7 Å². The maximum atomic E-state index is 5.28. The average Bonchev–Trinajstić information content (AvgIpc) is 2.79. The highest BCUT2D eigenvalue weighted by Crippen LogP contribution is 2.29. The lowest BCUT2D eigenvalue weighted by Crippen LogP contribution is -2.23. The van der Waals surface area contributed by atoms with E-state index < -0.39 is 0 Å². The molecule has 2 aromatic carbocycles. The number of nitrogens with one attached hydrogen (secondary N) is 2. The second-order valence-electron chi connectivity index (χ2n) is 7.69. The Balaban J connectivity index is 0.00000341. The molecule has 8 heteroatoms. The monoisotopic (exact) mass is 514 g/mol. The molecule has 0 amide bonds. The van der Waals surface area contributed by atoms with Crippen LogP contribution >= 0.6 is 37.2 Å². The molecule has 0 atom stereocenters. The molecule has 0 saturated heterocycles. The number of fused-ring (bicyclic) bond motifs is 1. The number of aromatic nitrogens is 1. The van der Waals surface area contributed by atoms with Gasteiger partial charge in [0, 0.05) is 23.2 Å². The summed E-state index contributed by atoms with van der Waals surface area (Å²) < 4.78 is 5.28. The highest BCUT2D eigenvalue weighted by Gasteiger charge is 2.08. The lowest BCUT2D eigenvalue weighted by molar-refractivity contribution is 0.324. The first-order valence-electron chi connectivity index (χ1n) is 10.8. The number of pyridine rings is 1. The molecule has 2 N–H and O–H groups in total. The van der Waals surface area contributed by atoms with E-state index in [0.29, 0.717) is 0 Å². The third-order valence-corrected chi connectivity index (χ3v) is 5.35. The van der Waals surface area contributed by atoms with Crippen LogP contribution in [0.3, 0.4) is 0 Å². The van der Waals surface area contributed by atoms with Crippen molar-refractivity contribution in [3.05, 3.63) is 54.6 Å². The van der Waals surface area contributed by atoms with Gasteiger partial charge in [0.2, 0.25) is 0 Å². The van der Waals surface area contributed by atoms with Crippen molar-refractivity contribution in [3.63, 3.8) is 0 Å². The lowest BCUT2D eigenvalue weighted by atomic mass is 10.1. The topological polar surface area (TPSA) is 49.4 Å². The van der Waals surface area contributed by atoms with Crippen LogP contribution in [0.4, 0.5) is 5.69 Å². The van der Waals surface area contributed by atoms with Gasteiger partial charge in [-0.1, -0.05) is 18.2 Å². The summed E-state index contributed by atoms with van der Waals surface area (Å²) in [5.74, 6) is 0.855. The molecular formula is C25H37Cl3N4O. The highest BCUT2D eigenvalue weighted by atomic mass is 35.5. The van der Waals surface area contributed by atoms with E-state index in [2.05, 4.69) is 59.0 Å². The van der Waals surface area contributed by atoms with Gasteiger partial charge in [-0.2, -0.15) is 0 Å². The molecule has 0 bridgehead atoms. The molecule has 0 fully saturated rings. The summed E-state index contributed by atoms with van der Waals surface area (Å²) in [6.45, 7) is 4.29. The number of nitrogens with zero attached hydrogens (tertiary/aromatic N) is 2. The van der Waals surface area contributed by atoms with Crippen LogP contribution in [-0.4, -0.2) is 57.3 Å². The van der Waals surface area contributed by atoms with Gasteiger partial charge in [0.25, 0.3) is 0 Å². The van der Waals surface area contributed by atoms with Crippen LogP contribution in [0.15, 0.2) is 54.6 Å². The molecule has 5 nitrogen and oxygen atoms in total. The Labute approximate surface area is 216 Å². The first kappa shape index (κ1) is 31.2. The number of rotatable bonds is 12. The second kappa shape index (κ2) is 16.8. The minimum absolute atomic E-state index is 0. The number of ether oxygens (including phenoxy) is 1. The van der Waals surface area contributed by atoms with Crippen molar-refractivity contribution >= 4 is 53.8 Å². The summed E-state index contributed by atoms with van der Waals surface area (Å²) in [6, 6.07) is 18.6. The third-order valence-electron chi connectivity index (χ3n) is 5.35. The van der Waals surface area contributed by atoms with Crippen LogP contribution in [0.25, 0.3) is 22.2 Å². The number of para-hydroxylation sites is 1. The maximum absolute atomic E-state index is 5.28. The Morgan fingerprint density at radius 3 is 2.27 bits per heavy atom. The van der Waals surface area contributed by atoms with Crippen molar-refractivity contribution in [2.24, 2.45) is 0 Å². The fourth-order valence-electron chi connectivity index (χ4n) is 3.60. The van der Waals surface area contributed by atoms with Gasteiger partial charge in [-0.25, -0.2) is 4.98 Å². The predicted octanol–water partition coefficient (Wildman–Crippen LogP) is 5.91. The van der Waals surface area contributed by atoms with Gasteiger partial charge in [0.1, 0.15) is 5.75 Å². The largest absolute Gasteiger partial charge is 0.497 e. The van der Waals surface area contributed by atoms with Gasteiger partial charge < -0.3 is 20.3 Å². The number of hydrogen-bond donors (Lipinski definition) is 2. The molecule has 3 aromatic rings. The van der Waals surface area contributed by atoms with Crippen LogP contribution in [0.2, 0.25) is 0 Å². The van der Waals surface area contributed by atoms with E-state index in [4.69, 9.17) is 9.72 Å². The molecule has 33 heavy (non-hydrogen) atoms. The van der Waals surface area contributed by atoms with E-state index in [9.17, 15) is 0 Å². The van der Waals surface area contributed by atoms with E-state index in [1.807, 2.05) is 25.2 Å². The Morgan fingerprint density at radius 1 is 0.879 bits per heavy atom. The van der Waals surface area contributed by atoms with Crippen molar-refractivity contribution in [2.45, 2.75) is 19.3 Å². The zero-order valence-corrected chi connectivity index (χ0v) is 22.1. The normalized spacial score (nSPS) is 10.2. The first-order valence-corrected chi connectivity index (χ1v) is 10.8. The zero-order valence-electron chi connectivity index (χ0n) is 19.7. The minimum Gasteiger partial charge on any atom is -0.497 e. The quantitative estimate of drug-likeness (QED) is 0.294. The molecule has 3 rings (SSSR count). The van der Waals surface area contributed by atoms with Gasteiger partial charge in [-0.05, 0) is 89.4 Å². The van der Waals surface area contributed by atoms with Crippen molar-refractivity contribution in [1.82, 2.24) is 15.2 Å². The van der Waals surface area contributed by atoms with E-state index in [1.165, 1.54) is 12.8 Å². The van der Waals surface area contributed by atoms with Crippen LogP contribution < -0.4 is 15.4 Å². The molecule has 0 saturated carbocycles. The van der Waals surface area contributed by atoms with Gasteiger partial charge in [0.15, 0.2) is 0 Å². The van der Waals surface area contributed by atoms with Crippen molar-refractivity contribution in [1.29, 1.82) is 0 Å². The smallest absolute Gasteiger partial charge is 0.118 e. The molecule has 0 aliphatic heterocycles. The molecule has 1 heterocycles. The Bertz CT molecular complexity index is 925. The van der Waals surface area contributed by atoms with Crippen LogP contribution in [0, 0.1) is 0 Å². The third kappa shape index (κ3) is 9.55. The summed E-state index contributed by atoms with van der Waals surface area (Å²) in [4.78, 5) is 7.29. The standard InChI is InChI=1S/C25H34N4O.3ClH/c1-26-15-6-7-17-29(2)18-8-16-27-25-19-24(20-11-13-21(30-3)14-12-20)28-23-10-5-4-9-22(23)25;;;/h4-5,9-14,19,26H,6-8,15-18H2,1-3H3,(H,27,28);3*1H. The molecule has 0 aliphatic rings.